The minimum atomic E-state index is -3.53. The summed E-state index contributed by atoms with van der Waals surface area (Å²) in [6.45, 7) is 5.04. The third-order valence-electron chi connectivity index (χ3n) is 6.38. The van der Waals surface area contributed by atoms with Crippen molar-refractivity contribution in [2.24, 2.45) is 0 Å². The van der Waals surface area contributed by atoms with Crippen LogP contribution in [0.1, 0.15) is 24.0 Å². The molecular formula is C25H27N5O2S. The van der Waals surface area contributed by atoms with Crippen LogP contribution in [-0.4, -0.2) is 46.8 Å². The molecule has 7 nitrogen and oxygen atoms in total. The Balaban J connectivity index is 1.28. The number of sulfonamides is 1. The van der Waals surface area contributed by atoms with Gasteiger partial charge in [0.25, 0.3) is 0 Å². The van der Waals surface area contributed by atoms with Crippen LogP contribution in [0.4, 0.5) is 5.82 Å². The van der Waals surface area contributed by atoms with Crippen molar-refractivity contribution in [2.75, 3.05) is 18.4 Å². The summed E-state index contributed by atoms with van der Waals surface area (Å²) >= 11 is 0. The fourth-order valence-corrected chi connectivity index (χ4v) is 5.86. The van der Waals surface area contributed by atoms with Gasteiger partial charge in [0, 0.05) is 48.7 Å². The summed E-state index contributed by atoms with van der Waals surface area (Å²) in [4.78, 5) is 12.3. The number of aromatic nitrogens is 3. The SMILES string of the molecule is Cc1ccc(NC2CCN(S(=O)(=O)c3ccc(-c4cnc5[nH]ccc5c4C)cc3)CC2)nc1. The summed E-state index contributed by atoms with van der Waals surface area (Å²) in [6, 6.07) is 13.3. The van der Waals surface area contributed by atoms with Crippen LogP contribution >= 0.6 is 0 Å². The zero-order valence-corrected chi connectivity index (χ0v) is 19.6. The number of fused-ring (bicyclic) bond motifs is 1. The Kier molecular flexibility index (Phi) is 5.64. The van der Waals surface area contributed by atoms with Crippen molar-refractivity contribution in [2.45, 2.75) is 37.6 Å². The average molecular weight is 462 g/mol. The third-order valence-corrected chi connectivity index (χ3v) is 8.29. The van der Waals surface area contributed by atoms with E-state index in [1.54, 1.807) is 16.4 Å². The number of H-pyrrole nitrogens is 1. The number of piperidine rings is 1. The van der Waals surface area contributed by atoms with E-state index in [0.29, 0.717) is 18.0 Å². The molecule has 1 saturated heterocycles. The van der Waals surface area contributed by atoms with E-state index in [1.807, 2.05) is 55.8 Å². The Morgan fingerprint density at radius 3 is 2.42 bits per heavy atom. The van der Waals surface area contributed by atoms with E-state index in [9.17, 15) is 8.42 Å². The Labute approximate surface area is 193 Å². The monoisotopic (exact) mass is 461 g/mol. The number of aromatic amines is 1. The van der Waals surface area contributed by atoms with E-state index in [-0.39, 0.29) is 6.04 Å². The molecule has 4 heterocycles. The zero-order valence-electron chi connectivity index (χ0n) is 18.7. The fourth-order valence-electron chi connectivity index (χ4n) is 4.39. The lowest BCUT2D eigenvalue weighted by Crippen LogP contribution is -2.42. The number of hydrogen-bond donors (Lipinski definition) is 2. The van der Waals surface area contributed by atoms with Gasteiger partial charge in [-0.15, -0.1) is 0 Å². The Morgan fingerprint density at radius 1 is 0.970 bits per heavy atom. The van der Waals surface area contributed by atoms with Crippen LogP contribution in [-0.2, 0) is 10.0 Å². The molecule has 0 bridgehead atoms. The van der Waals surface area contributed by atoms with Gasteiger partial charge in [0.15, 0.2) is 0 Å². The predicted octanol–water partition coefficient (Wildman–Crippen LogP) is 4.51. The highest BCUT2D eigenvalue weighted by molar-refractivity contribution is 7.89. The number of nitrogens with zero attached hydrogens (tertiary/aromatic N) is 3. The molecule has 0 aliphatic carbocycles. The maximum atomic E-state index is 13.2. The lowest BCUT2D eigenvalue weighted by atomic mass is 10.0. The average Bonchev–Trinajstić information content (AvgIpc) is 3.31. The van der Waals surface area contributed by atoms with Gasteiger partial charge >= 0.3 is 0 Å². The van der Waals surface area contributed by atoms with E-state index in [1.165, 1.54) is 0 Å². The molecule has 1 aliphatic heterocycles. The van der Waals surface area contributed by atoms with E-state index >= 15 is 0 Å². The van der Waals surface area contributed by atoms with Gasteiger partial charge in [0.1, 0.15) is 11.5 Å². The summed E-state index contributed by atoms with van der Waals surface area (Å²) in [5, 5.41) is 4.49. The molecule has 0 saturated carbocycles. The smallest absolute Gasteiger partial charge is 0.243 e. The standard InChI is InChI=1S/C25H27N5O2S/c1-17-3-8-24(27-15-17)29-20-10-13-30(14-11-20)33(31,32)21-6-4-19(5-7-21)23-16-28-25-22(18(23)2)9-12-26-25/h3-9,12,15-16,20H,10-11,13-14H2,1-2H3,(H,26,28)(H,27,29). The first-order valence-electron chi connectivity index (χ1n) is 11.1. The molecule has 0 radical (unpaired) electrons. The Bertz CT molecular complexity index is 1370. The number of pyridine rings is 2. The third kappa shape index (κ3) is 4.24. The maximum absolute atomic E-state index is 13.2. The molecule has 5 rings (SSSR count). The van der Waals surface area contributed by atoms with Gasteiger partial charge < -0.3 is 10.3 Å². The molecule has 4 aromatic rings. The van der Waals surface area contributed by atoms with E-state index in [0.717, 1.165) is 51.9 Å². The van der Waals surface area contributed by atoms with E-state index in [4.69, 9.17) is 0 Å². The molecule has 1 fully saturated rings. The summed E-state index contributed by atoms with van der Waals surface area (Å²) in [5.41, 5.74) is 5.04. The number of benzene rings is 1. The predicted molar refractivity (Wildman–Crippen MR) is 131 cm³/mol. The van der Waals surface area contributed by atoms with E-state index in [2.05, 4.69) is 27.2 Å². The van der Waals surface area contributed by atoms with Crippen LogP contribution in [0.3, 0.4) is 0 Å². The number of rotatable bonds is 5. The van der Waals surface area contributed by atoms with Crippen LogP contribution in [0.2, 0.25) is 0 Å². The topological polar surface area (TPSA) is 91.0 Å². The van der Waals surface area contributed by atoms with Crippen LogP contribution in [0.5, 0.6) is 0 Å². The minimum absolute atomic E-state index is 0.216. The molecule has 0 spiro atoms. The molecule has 0 amide bonds. The second-order valence-electron chi connectivity index (χ2n) is 8.60. The first-order valence-corrected chi connectivity index (χ1v) is 12.6. The van der Waals surface area contributed by atoms with Crippen molar-refractivity contribution >= 4 is 26.9 Å². The fraction of sp³-hybridized carbons (Fsp3) is 0.280. The number of hydrogen-bond acceptors (Lipinski definition) is 5. The Morgan fingerprint density at radius 2 is 1.73 bits per heavy atom. The minimum Gasteiger partial charge on any atom is -0.367 e. The second kappa shape index (κ2) is 8.61. The molecule has 2 N–H and O–H groups in total. The first-order chi connectivity index (χ1) is 15.9. The summed E-state index contributed by atoms with van der Waals surface area (Å²) in [7, 11) is -3.53. The van der Waals surface area contributed by atoms with Gasteiger partial charge in [-0.1, -0.05) is 18.2 Å². The lowest BCUT2D eigenvalue weighted by Gasteiger charge is -2.32. The molecule has 33 heavy (non-hydrogen) atoms. The van der Waals surface area contributed by atoms with Gasteiger partial charge in [-0.3, -0.25) is 0 Å². The van der Waals surface area contributed by atoms with E-state index < -0.39 is 10.0 Å². The van der Waals surface area contributed by atoms with Gasteiger partial charge in [-0.25, -0.2) is 18.4 Å². The highest BCUT2D eigenvalue weighted by Gasteiger charge is 2.29. The molecule has 1 aliphatic rings. The van der Waals surface area contributed by atoms with Gasteiger partial charge in [-0.2, -0.15) is 4.31 Å². The maximum Gasteiger partial charge on any atom is 0.243 e. The number of anilines is 1. The molecule has 8 heteroatoms. The molecular weight excluding hydrogens is 434 g/mol. The van der Waals surface area contributed by atoms with Crippen molar-refractivity contribution in [3.63, 3.8) is 0 Å². The van der Waals surface area contributed by atoms with Crippen molar-refractivity contribution in [1.82, 2.24) is 19.3 Å². The Hall–Kier alpha value is -3.23. The number of nitrogens with one attached hydrogen (secondary N) is 2. The van der Waals surface area contributed by atoms with Gasteiger partial charge in [-0.05, 0) is 67.6 Å². The van der Waals surface area contributed by atoms with Crippen molar-refractivity contribution in [3.8, 4) is 11.1 Å². The first kappa shape index (κ1) is 21.6. The summed E-state index contributed by atoms with van der Waals surface area (Å²) < 4.78 is 28.0. The number of aryl methyl sites for hydroxylation is 2. The van der Waals surface area contributed by atoms with Gasteiger partial charge in [0.05, 0.1) is 4.90 Å². The van der Waals surface area contributed by atoms with Crippen LogP contribution in [0, 0.1) is 13.8 Å². The lowest BCUT2D eigenvalue weighted by molar-refractivity contribution is 0.329. The van der Waals surface area contributed by atoms with Crippen molar-refractivity contribution in [1.29, 1.82) is 0 Å². The van der Waals surface area contributed by atoms with Crippen LogP contribution in [0.25, 0.3) is 22.2 Å². The van der Waals surface area contributed by atoms with Crippen LogP contribution < -0.4 is 5.32 Å². The quantitative estimate of drug-likeness (QED) is 0.456. The second-order valence-corrected chi connectivity index (χ2v) is 10.5. The summed E-state index contributed by atoms with van der Waals surface area (Å²) in [5.74, 6) is 0.833. The largest absolute Gasteiger partial charge is 0.367 e. The van der Waals surface area contributed by atoms with Crippen molar-refractivity contribution < 1.29 is 8.42 Å². The molecule has 170 valence electrons. The van der Waals surface area contributed by atoms with Crippen molar-refractivity contribution in [3.05, 3.63) is 72.2 Å². The molecule has 1 aromatic carbocycles. The molecule has 3 aromatic heterocycles. The highest BCUT2D eigenvalue weighted by Crippen LogP contribution is 2.29. The van der Waals surface area contributed by atoms with Gasteiger partial charge in [0.2, 0.25) is 10.0 Å². The molecule has 0 unspecified atom stereocenters. The zero-order chi connectivity index (χ0) is 23.0. The normalized spacial score (nSPS) is 15.7. The van der Waals surface area contributed by atoms with Crippen LogP contribution in [0.15, 0.2) is 66.0 Å². The summed E-state index contributed by atoms with van der Waals surface area (Å²) in [6.07, 6.45) is 7.03. The highest BCUT2D eigenvalue weighted by atomic mass is 32.2. The molecule has 0 atom stereocenters.